The fraction of sp³-hybridized carbons (Fsp3) is 1.00. The largest absolute Gasteiger partial charge is 0.311 e. The predicted molar refractivity (Wildman–Crippen MR) is 47.9 cm³/mol. The highest BCUT2D eigenvalue weighted by molar-refractivity contribution is 4.85. The average Bonchev–Trinajstić information content (AvgIpc) is 2.58. The van der Waals surface area contributed by atoms with Crippen molar-refractivity contribution in [3.8, 4) is 0 Å². The fourth-order valence-corrected chi connectivity index (χ4v) is 2.61. The lowest BCUT2D eigenvalue weighted by Gasteiger charge is -2.30. The average molecular weight is 171 g/mol. The molecule has 1 aliphatic carbocycles. The van der Waals surface area contributed by atoms with Crippen LogP contribution >= 0.6 is 0 Å². The predicted octanol–water partition coefficient (Wildman–Crippen LogP) is 2.27. The molecule has 0 radical (unpaired) electrons. The van der Waals surface area contributed by atoms with Crippen LogP contribution in [-0.2, 0) is 0 Å². The van der Waals surface area contributed by atoms with Gasteiger partial charge in [-0.1, -0.05) is 12.8 Å². The second kappa shape index (κ2) is 3.73. The quantitative estimate of drug-likeness (QED) is 0.638. The van der Waals surface area contributed by atoms with Gasteiger partial charge in [0.1, 0.15) is 6.17 Å². The normalized spacial score (nSPS) is 38.8. The second-order valence-corrected chi connectivity index (χ2v) is 4.23. The number of piperidine rings is 1. The lowest BCUT2D eigenvalue weighted by atomic mass is 9.90. The van der Waals surface area contributed by atoms with Crippen molar-refractivity contribution in [2.75, 3.05) is 6.54 Å². The summed E-state index contributed by atoms with van der Waals surface area (Å²) in [6.07, 6.45) is 6.79. The molecule has 2 rings (SSSR count). The smallest absolute Gasteiger partial charge is 0.113 e. The monoisotopic (exact) mass is 171 g/mol. The molecular formula is C10H18FN. The summed E-state index contributed by atoms with van der Waals surface area (Å²) in [5.41, 5.74) is 0. The van der Waals surface area contributed by atoms with Gasteiger partial charge in [0.15, 0.2) is 0 Å². The van der Waals surface area contributed by atoms with Crippen molar-refractivity contribution in [2.24, 2.45) is 5.92 Å². The number of rotatable bonds is 1. The van der Waals surface area contributed by atoms with Crippen molar-refractivity contribution in [3.63, 3.8) is 0 Å². The van der Waals surface area contributed by atoms with E-state index < -0.39 is 6.17 Å². The third kappa shape index (κ3) is 1.79. The van der Waals surface area contributed by atoms with E-state index in [9.17, 15) is 4.39 Å². The Hall–Kier alpha value is -0.110. The number of hydrogen-bond donors (Lipinski definition) is 1. The van der Waals surface area contributed by atoms with Crippen molar-refractivity contribution < 1.29 is 4.39 Å². The molecule has 0 amide bonds. The molecule has 70 valence electrons. The fourth-order valence-electron chi connectivity index (χ4n) is 2.61. The summed E-state index contributed by atoms with van der Waals surface area (Å²) in [4.78, 5) is 0. The number of hydrogen-bond acceptors (Lipinski definition) is 1. The highest BCUT2D eigenvalue weighted by Crippen LogP contribution is 2.31. The van der Waals surface area contributed by atoms with Crippen LogP contribution in [0.3, 0.4) is 0 Å². The molecule has 1 heterocycles. The van der Waals surface area contributed by atoms with Crippen LogP contribution in [0.15, 0.2) is 0 Å². The topological polar surface area (TPSA) is 12.0 Å². The Morgan fingerprint density at radius 1 is 1.00 bits per heavy atom. The molecule has 2 unspecified atom stereocenters. The Morgan fingerprint density at radius 2 is 1.75 bits per heavy atom. The van der Waals surface area contributed by atoms with Crippen LogP contribution in [0.5, 0.6) is 0 Å². The molecule has 2 aliphatic rings. The van der Waals surface area contributed by atoms with Crippen LogP contribution in [0, 0.1) is 5.92 Å². The lowest BCUT2D eigenvalue weighted by molar-refractivity contribution is 0.199. The molecule has 1 nitrogen and oxygen atoms in total. The number of alkyl halides is 1. The molecule has 12 heavy (non-hydrogen) atoms. The summed E-state index contributed by atoms with van der Waals surface area (Å²) < 4.78 is 12.8. The van der Waals surface area contributed by atoms with E-state index in [1.807, 2.05) is 0 Å². The molecular weight excluding hydrogens is 153 g/mol. The van der Waals surface area contributed by atoms with Gasteiger partial charge in [-0.3, -0.25) is 0 Å². The van der Waals surface area contributed by atoms with Gasteiger partial charge in [-0.2, -0.15) is 0 Å². The Balaban J connectivity index is 1.80. The van der Waals surface area contributed by atoms with Crippen LogP contribution in [0.1, 0.15) is 38.5 Å². The number of nitrogens with one attached hydrogen (secondary N) is 1. The van der Waals surface area contributed by atoms with E-state index >= 15 is 0 Å². The third-order valence-corrected chi connectivity index (χ3v) is 3.36. The molecule has 2 atom stereocenters. The maximum atomic E-state index is 12.8. The van der Waals surface area contributed by atoms with Crippen molar-refractivity contribution in [1.82, 2.24) is 5.32 Å². The first-order chi connectivity index (χ1) is 5.86. The van der Waals surface area contributed by atoms with Gasteiger partial charge in [0.2, 0.25) is 0 Å². The van der Waals surface area contributed by atoms with Crippen molar-refractivity contribution in [2.45, 2.75) is 50.7 Å². The van der Waals surface area contributed by atoms with Gasteiger partial charge in [0.25, 0.3) is 0 Å². The second-order valence-electron chi connectivity index (χ2n) is 4.23. The molecule has 0 aromatic carbocycles. The maximum absolute atomic E-state index is 12.8. The van der Waals surface area contributed by atoms with Gasteiger partial charge in [-0.05, 0) is 31.6 Å². The summed E-state index contributed by atoms with van der Waals surface area (Å²) in [7, 11) is 0. The van der Waals surface area contributed by atoms with Crippen LogP contribution in [-0.4, -0.2) is 18.8 Å². The molecule has 2 fully saturated rings. The van der Waals surface area contributed by atoms with Crippen molar-refractivity contribution in [1.29, 1.82) is 0 Å². The Bertz CT molecular complexity index is 135. The minimum atomic E-state index is -0.581. The molecule has 0 aromatic rings. The molecule has 1 N–H and O–H groups in total. The van der Waals surface area contributed by atoms with Gasteiger partial charge in [-0.15, -0.1) is 0 Å². The summed E-state index contributed by atoms with van der Waals surface area (Å²) in [6, 6.07) is 0.638. The lowest BCUT2D eigenvalue weighted by Crippen LogP contribution is -2.43. The van der Waals surface area contributed by atoms with E-state index in [2.05, 4.69) is 5.32 Å². The standard InChI is InChI=1S/C10H18FN/c11-9-5-6-10(12-7-9)8-3-1-2-4-8/h8-10,12H,1-7H2. The van der Waals surface area contributed by atoms with E-state index in [1.54, 1.807) is 0 Å². The third-order valence-electron chi connectivity index (χ3n) is 3.36. The molecule has 1 saturated carbocycles. The van der Waals surface area contributed by atoms with E-state index in [1.165, 1.54) is 25.7 Å². The van der Waals surface area contributed by atoms with Gasteiger partial charge >= 0.3 is 0 Å². The molecule has 1 aliphatic heterocycles. The highest BCUT2D eigenvalue weighted by Gasteiger charge is 2.28. The van der Waals surface area contributed by atoms with Crippen molar-refractivity contribution in [3.05, 3.63) is 0 Å². The first-order valence-electron chi connectivity index (χ1n) is 5.24. The Kier molecular flexibility index (Phi) is 2.64. The molecule has 1 saturated heterocycles. The van der Waals surface area contributed by atoms with Gasteiger partial charge in [-0.25, -0.2) is 4.39 Å². The minimum Gasteiger partial charge on any atom is -0.311 e. The zero-order valence-corrected chi connectivity index (χ0v) is 7.56. The van der Waals surface area contributed by atoms with E-state index in [4.69, 9.17) is 0 Å². The molecule has 0 spiro atoms. The SMILES string of the molecule is FC1CCC(C2CCCC2)NC1. The number of halogens is 1. The summed E-state index contributed by atoms with van der Waals surface area (Å²) in [5.74, 6) is 0.859. The summed E-state index contributed by atoms with van der Waals surface area (Å²) in [5, 5.41) is 3.34. The van der Waals surface area contributed by atoms with Gasteiger partial charge in [0.05, 0.1) is 0 Å². The Morgan fingerprint density at radius 3 is 2.33 bits per heavy atom. The molecule has 2 heteroatoms. The van der Waals surface area contributed by atoms with Crippen LogP contribution in [0.4, 0.5) is 4.39 Å². The van der Waals surface area contributed by atoms with E-state index in [-0.39, 0.29) is 0 Å². The van der Waals surface area contributed by atoms with Crippen LogP contribution in [0.2, 0.25) is 0 Å². The Labute approximate surface area is 73.7 Å². The minimum absolute atomic E-state index is 0.581. The van der Waals surface area contributed by atoms with E-state index in [0.29, 0.717) is 12.6 Å². The zero-order chi connectivity index (χ0) is 8.39. The zero-order valence-electron chi connectivity index (χ0n) is 7.56. The first kappa shape index (κ1) is 8.49. The molecule has 0 aromatic heterocycles. The van der Waals surface area contributed by atoms with Crippen LogP contribution < -0.4 is 5.32 Å². The highest BCUT2D eigenvalue weighted by atomic mass is 19.1. The first-order valence-corrected chi connectivity index (χ1v) is 5.24. The van der Waals surface area contributed by atoms with Crippen molar-refractivity contribution >= 4 is 0 Å². The molecule has 0 bridgehead atoms. The maximum Gasteiger partial charge on any atom is 0.113 e. The summed E-state index contributed by atoms with van der Waals surface area (Å²) >= 11 is 0. The van der Waals surface area contributed by atoms with Gasteiger partial charge in [0, 0.05) is 12.6 Å². The summed E-state index contributed by atoms with van der Waals surface area (Å²) in [6.45, 7) is 0.598. The van der Waals surface area contributed by atoms with E-state index in [0.717, 1.165) is 18.8 Å². The van der Waals surface area contributed by atoms with Crippen LogP contribution in [0.25, 0.3) is 0 Å². The van der Waals surface area contributed by atoms with Gasteiger partial charge < -0.3 is 5.32 Å².